The SMILES string of the molecule is CC(C)c1nc2cc(C(=O)N3CCCC3)ccc2n1C. The van der Waals surface area contributed by atoms with Crippen molar-refractivity contribution in [1.29, 1.82) is 0 Å². The minimum absolute atomic E-state index is 0.140. The van der Waals surface area contributed by atoms with E-state index in [1.54, 1.807) is 0 Å². The number of aromatic nitrogens is 2. The second-order valence-electron chi connectivity index (χ2n) is 5.89. The molecule has 0 aliphatic carbocycles. The molecular weight excluding hydrogens is 250 g/mol. The quantitative estimate of drug-likeness (QED) is 0.842. The number of carbonyl (C=O) groups excluding carboxylic acids is 1. The van der Waals surface area contributed by atoms with Crippen molar-refractivity contribution in [2.45, 2.75) is 32.6 Å². The second-order valence-corrected chi connectivity index (χ2v) is 5.89. The topological polar surface area (TPSA) is 38.1 Å². The summed E-state index contributed by atoms with van der Waals surface area (Å²) >= 11 is 0. The number of benzene rings is 1. The van der Waals surface area contributed by atoms with Crippen LogP contribution in [0.5, 0.6) is 0 Å². The molecule has 3 rings (SSSR count). The van der Waals surface area contributed by atoms with Gasteiger partial charge in [0.1, 0.15) is 5.82 Å². The first-order valence-electron chi connectivity index (χ1n) is 7.33. The number of rotatable bonds is 2. The highest BCUT2D eigenvalue weighted by molar-refractivity contribution is 5.97. The summed E-state index contributed by atoms with van der Waals surface area (Å²) in [6.07, 6.45) is 2.24. The van der Waals surface area contributed by atoms with E-state index in [2.05, 4.69) is 23.4 Å². The summed E-state index contributed by atoms with van der Waals surface area (Å²) in [7, 11) is 2.03. The summed E-state index contributed by atoms with van der Waals surface area (Å²) in [4.78, 5) is 19.0. The molecule has 1 saturated heterocycles. The van der Waals surface area contributed by atoms with Crippen LogP contribution in [0.4, 0.5) is 0 Å². The first kappa shape index (κ1) is 13.2. The number of nitrogens with zero attached hydrogens (tertiary/aromatic N) is 3. The van der Waals surface area contributed by atoms with Gasteiger partial charge < -0.3 is 9.47 Å². The molecule has 1 aromatic heterocycles. The maximum Gasteiger partial charge on any atom is 0.253 e. The fourth-order valence-electron chi connectivity index (χ4n) is 2.97. The highest BCUT2D eigenvalue weighted by Crippen LogP contribution is 2.22. The van der Waals surface area contributed by atoms with E-state index in [1.807, 2.05) is 30.1 Å². The molecule has 2 aromatic rings. The predicted molar refractivity (Wildman–Crippen MR) is 79.9 cm³/mol. The molecule has 0 unspecified atom stereocenters. The Hall–Kier alpha value is -1.84. The van der Waals surface area contributed by atoms with Crippen LogP contribution in [0.15, 0.2) is 18.2 Å². The lowest BCUT2D eigenvalue weighted by atomic mass is 10.2. The number of hydrogen-bond donors (Lipinski definition) is 0. The molecule has 0 bridgehead atoms. The number of imidazole rings is 1. The summed E-state index contributed by atoms with van der Waals surface area (Å²) in [6, 6.07) is 5.87. The van der Waals surface area contributed by atoms with Crippen molar-refractivity contribution < 1.29 is 4.79 Å². The molecule has 1 aliphatic heterocycles. The Balaban J connectivity index is 2.00. The molecule has 0 spiro atoms. The maximum atomic E-state index is 12.4. The second kappa shape index (κ2) is 4.93. The average Bonchev–Trinajstić information content (AvgIpc) is 3.06. The molecule has 0 radical (unpaired) electrons. The van der Waals surface area contributed by atoms with Gasteiger partial charge in [0.2, 0.25) is 0 Å². The number of hydrogen-bond acceptors (Lipinski definition) is 2. The zero-order valence-electron chi connectivity index (χ0n) is 12.4. The standard InChI is InChI=1S/C16H21N3O/c1-11(2)15-17-13-10-12(6-7-14(13)18(15)3)16(20)19-8-4-5-9-19/h6-7,10-11H,4-5,8-9H2,1-3H3. The Morgan fingerprint density at radius 2 is 1.95 bits per heavy atom. The van der Waals surface area contributed by atoms with Crippen molar-refractivity contribution in [2.24, 2.45) is 7.05 Å². The molecule has 106 valence electrons. The highest BCUT2D eigenvalue weighted by atomic mass is 16.2. The van der Waals surface area contributed by atoms with Crippen LogP contribution >= 0.6 is 0 Å². The summed E-state index contributed by atoms with van der Waals surface area (Å²) in [5, 5.41) is 0. The molecule has 4 nitrogen and oxygen atoms in total. The Kier molecular flexibility index (Phi) is 3.24. The van der Waals surface area contributed by atoms with E-state index in [0.29, 0.717) is 5.92 Å². The lowest BCUT2D eigenvalue weighted by Crippen LogP contribution is -2.27. The lowest BCUT2D eigenvalue weighted by molar-refractivity contribution is 0.0793. The van der Waals surface area contributed by atoms with Crippen LogP contribution in [-0.4, -0.2) is 33.4 Å². The van der Waals surface area contributed by atoms with Gasteiger partial charge in [-0.15, -0.1) is 0 Å². The highest BCUT2D eigenvalue weighted by Gasteiger charge is 2.20. The van der Waals surface area contributed by atoms with Crippen molar-refractivity contribution >= 4 is 16.9 Å². The van der Waals surface area contributed by atoms with Gasteiger partial charge in [-0.1, -0.05) is 13.8 Å². The zero-order chi connectivity index (χ0) is 14.3. The van der Waals surface area contributed by atoms with Crippen molar-refractivity contribution in [3.05, 3.63) is 29.6 Å². The molecule has 2 heterocycles. The maximum absolute atomic E-state index is 12.4. The number of amides is 1. The fourth-order valence-corrected chi connectivity index (χ4v) is 2.97. The van der Waals surface area contributed by atoms with Gasteiger partial charge in [-0.2, -0.15) is 0 Å². The van der Waals surface area contributed by atoms with E-state index in [9.17, 15) is 4.79 Å². The van der Waals surface area contributed by atoms with Crippen LogP contribution < -0.4 is 0 Å². The molecule has 0 saturated carbocycles. The molecule has 20 heavy (non-hydrogen) atoms. The largest absolute Gasteiger partial charge is 0.339 e. The van der Waals surface area contributed by atoms with Crippen LogP contribution in [0, 0.1) is 0 Å². The molecular formula is C16H21N3O. The van der Waals surface area contributed by atoms with Gasteiger partial charge in [0.05, 0.1) is 11.0 Å². The van der Waals surface area contributed by atoms with Gasteiger partial charge in [0.15, 0.2) is 0 Å². The van der Waals surface area contributed by atoms with Gasteiger partial charge in [0.25, 0.3) is 5.91 Å². The minimum Gasteiger partial charge on any atom is -0.339 e. The summed E-state index contributed by atoms with van der Waals surface area (Å²) in [6.45, 7) is 6.04. The van der Waals surface area contributed by atoms with Crippen molar-refractivity contribution in [3.8, 4) is 0 Å². The fraction of sp³-hybridized carbons (Fsp3) is 0.500. The Morgan fingerprint density at radius 1 is 1.25 bits per heavy atom. The first-order valence-corrected chi connectivity index (χ1v) is 7.33. The molecule has 1 fully saturated rings. The van der Waals surface area contributed by atoms with Gasteiger partial charge in [-0.25, -0.2) is 4.98 Å². The Morgan fingerprint density at radius 3 is 2.60 bits per heavy atom. The van der Waals surface area contributed by atoms with Gasteiger partial charge in [-0.3, -0.25) is 4.79 Å². The summed E-state index contributed by atoms with van der Waals surface area (Å²) in [5.74, 6) is 1.58. The molecule has 4 heteroatoms. The van der Waals surface area contributed by atoms with Crippen LogP contribution in [0.2, 0.25) is 0 Å². The third-order valence-electron chi connectivity index (χ3n) is 4.07. The Bertz CT molecular complexity index is 651. The Labute approximate surface area is 119 Å². The third kappa shape index (κ3) is 2.09. The van der Waals surface area contributed by atoms with E-state index in [-0.39, 0.29) is 5.91 Å². The molecule has 1 amide bonds. The van der Waals surface area contributed by atoms with E-state index < -0.39 is 0 Å². The summed E-state index contributed by atoms with van der Waals surface area (Å²) < 4.78 is 2.12. The van der Waals surface area contributed by atoms with Crippen LogP contribution in [0.3, 0.4) is 0 Å². The van der Waals surface area contributed by atoms with Crippen LogP contribution in [0.1, 0.15) is 48.8 Å². The zero-order valence-corrected chi connectivity index (χ0v) is 12.4. The molecule has 0 atom stereocenters. The number of aryl methyl sites for hydroxylation is 1. The lowest BCUT2D eigenvalue weighted by Gasteiger charge is -2.14. The van der Waals surface area contributed by atoms with Crippen molar-refractivity contribution in [1.82, 2.24) is 14.5 Å². The minimum atomic E-state index is 0.140. The molecule has 0 N–H and O–H groups in total. The van der Waals surface area contributed by atoms with E-state index >= 15 is 0 Å². The number of fused-ring (bicyclic) bond motifs is 1. The first-order chi connectivity index (χ1) is 9.58. The average molecular weight is 271 g/mol. The van der Waals surface area contributed by atoms with E-state index in [1.165, 1.54) is 0 Å². The van der Waals surface area contributed by atoms with Gasteiger partial charge >= 0.3 is 0 Å². The third-order valence-corrected chi connectivity index (χ3v) is 4.07. The van der Waals surface area contributed by atoms with Crippen molar-refractivity contribution in [3.63, 3.8) is 0 Å². The molecule has 1 aromatic carbocycles. The van der Waals surface area contributed by atoms with E-state index in [0.717, 1.165) is 48.4 Å². The van der Waals surface area contributed by atoms with Crippen LogP contribution in [0.25, 0.3) is 11.0 Å². The summed E-state index contributed by atoms with van der Waals surface area (Å²) in [5.41, 5.74) is 2.76. The smallest absolute Gasteiger partial charge is 0.253 e. The number of likely N-dealkylation sites (tertiary alicyclic amines) is 1. The predicted octanol–water partition coefficient (Wildman–Crippen LogP) is 2.93. The number of carbonyl (C=O) groups is 1. The normalized spacial score (nSPS) is 15.5. The van der Waals surface area contributed by atoms with Crippen molar-refractivity contribution in [2.75, 3.05) is 13.1 Å². The van der Waals surface area contributed by atoms with Crippen LogP contribution in [-0.2, 0) is 7.05 Å². The van der Waals surface area contributed by atoms with E-state index in [4.69, 9.17) is 0 Å². The monoisotopic (exact) mass is 271 g/mol. The van der Waals surface area contributed by atoms with Gasteiger partial charge in [0, 0.05) is 31.6 Å². The molecule has 1 aliphatic rings. The van der Waals surface area contributed by atoms with Gasteiger partial charge in [-0.05, 0) is 31.0 Å².